The van der Waals surface area contributed by atoms with Crippen LogP contribution in [-0.4, -0.2) is 44.9 Å². The van der Waals surface area contributed by atoms with E-state index in [0.717, 1.165) is 5.57 Å². The van der Waals surface area contributed by atoms with Crippen LogP contribution in [0.1, 0.15) is 0 Å². The lowest BCUT2D eigenvalue weighted by atomic mass is 10.0. The fraction of sp³-hybridized carbons (Fsp3) is 0.417. The van der Waals surface area contributed by atoms with Crippen molar-refractivity contribution in [2.45, 2.75) is 5.79 Å². The lowest BCUT2D eigenvalue weighted by Gasteiger charge is -2.26. The van der Waals surface area contributed by atoms with Gasteiger partial charge in [-0.2, -0.15) is 0 Å². The normalized spacial score (nSPS) is 17.4. The molecule has 1 amide bonds. The van der Waals surface area contributed by atoms with Crippen LogP contribution in [0.5, 0.6) is 0 Å². The summed E-state index contributed by atoms with van der Waals surface area (Å²) in [7, 11) is 6.56. The second-order valence-corrected chi connectivity index (χ2v) is 3.67. The van der Waals surface area contributed by atoms with Crippen molar-refractivity contribution < 1.29 is 14.3 Å². The van der Waals surface area contributed by atoms with Gasteiger partial charge in [0.25, 0.3) is 0 Å². The molecule has 4 heteroatoms. The minimum Gasteiger partial charge on any atom is -0.346 e. The molecule has 0 atom stereocenters. The van der Waals surface area contributed by atoms with Crippen LogP contribution < -0.4 is 0 Å². The molecule has 0 aromatic heterocycles. The van der Waals surface area contributed by atoms with Crippen molar-refractivity contribution in [2.24, 2.45) is 0 Å². The number of allylic oxidation sites excluding steroid dienone is 3. The van der Waals surface area contributed by atoms with E-state index in [1.54, 1.807) is 58.7 Å². The Balaban J connectivity index is 2.80. The van der Waals surface area contributed by atoms with Crippen molar-refractivity contribution in [3.8, 4) is 0 Å². The average molecular weight is 223 g/mol. The summed E-state index contributed by atoms with van der Waals surface area (Å²) < 4.78 is 10.4. The summed E-state index contributed by atoms with van der Waals surface area (Å²) in [6.07, 6.45) is 8.69. The molecule has 0 radical (unpaired) electrons. The zero-order valence-electron chi connectivity index (χ0n) is 10.1. The summed E-state index contributed by atoms with van der Waals surface area (Å²) in [6.45, 7) is 0. The van der Waals surface area contributed by atoms with Gasteiger partial charge in [-0.25, -0.2) is 0 Å². The van der Waals surface area contributed by atoms with Gasteiger partial charge in [0.15, 0.2) is 0 Å². The largest absolute Gasteiger partial charge is 0.346 e. The highest BCUT2D eigenvalue weighted by Crippen LogP contribution is 2.22. The van der Waals surface area contributed by atoms with E-state index in [1.807, 2.05) is 0 Å². The van der Waals surface area contributed by atoms with E-state index in [1.165, 1.54) is 4.90 Å². The lowest BCUT2D eigenvalue weighted by molar-refractivity contribution is -0.133. The Hall–Kier alpha value is -1.39. The number of hydrogen-bond donors (Lipinski definition) is 0. The number of hydrogen-bond acceptors (Lipinski definition) is 3. The number of amides is 1. The molecular formula is C12H17NO3. The predicted molar refractivity (Wildman–Crippen MR) is 61.8 cm³/mol. The maximum atomic E-state index is 11.4. The van der Waals surface area contributed by atoms with Crippen LogP contribution >= 0.6 is 0 Å². The van der Waals surface area contributed by atoms with E-state index < -0.39 is 5.79 Å². The van der Waals surface area contributed by atoms with Crippen molar-refractivity contribution in [3.05, 3.63) is 36.0 Å². The van der Waals surface area contributed by atoms with Crippen LogP contribution in [0.15, 0.2) is 36.0 Å². The van der Waals surface area contributed by atoms with Crippen LogP contribution in [0, 0.1) is 0 Å². The van der Waals surface area contributed by atoms with Gasteiger partial charge in [-0.15, -0.1) is 0 Å². The summed E-state index contributed by atoms with van der Waals surface area (Å²) in [4.78, 5) is 12.9. The predicted octanol–water partition coefficient (Wildman–Crippen LogP) is 1.12. The van der Waals surface area contributed by atoms with Gasteiger partial charge >= 0.3 is 0 Å². The third kappa shape index (κ3) is 2.81. The molecule has 88 valence electrons. The molecule has 1 aliphatic carbocycles. The Morgan fingerprint density at radius 1 is 1.25 bits per heavy atom. The van der Waals surface area contributed by atoms with E-state index in [2.05, 4.69) is 0 Å². The molecule has 0 saturated carbocycles. The maximum Gasteiger partial charge on any atom is 0.246 e. The van der Waals surface area contributed by atoms with E-state index >= 15 is 0 Å². The van der Waals surface area contributed by atoms with Crippen LogP contribution in [0.25, 0.3) is 0 Å². The molecule has 4 nitrogen and oxygen atoms in total. The number of carbonyl (C=O) groups excluding carboxylic acids is 1. The van der Waals surface area contributed by atoms with E-state index in [4.69, 9.17) is 9.47 Å². The topological polar surface area (TPSA) is 38.8 Å². The molecule has 0 aromatic carbocycles. The minimum absolute atomic E-state index is 0.0494. The number of methoxy groups -OCH3 is 2. The number of rotatable bonds is 3. The van der Waals surface area contributed by atoms with Gasteiger partial charge in [0.1, 0.15) is 0 Å². The number of ether oxygens (including phenoxy) is 2. The molecule has 0 aromatic rings. The first kappa shape index (κ1) is 12.7. The first-order chi connectivity index (χ1) is 7.53. The van der Waals surface area contributed by atoms with Crippen molar-refractivity contribution in [2.75, 3.05) is 28.3 Å². The Morgan fingerprint density at radius 2 is 1.75 bits per heavy atom. The third-order valence-corrected chi connectivity index (χ3v) is 2.39. The van der Waals surface area contributed by atoms with E-state index in [0.29, 0.717) is 0 Å². The zero-order valence-corrected chi connectivity index (χ0v) is 10.1. The molecule has 1 rings (SSSR count). The number of likely N-dealkylation sites (N-methyl/N-ethyl adjacent to an activating group) is 1. The van der Waals surface area contributed by atoms with Crippen molar-refractivity contribution >= 4 is 5.91 Å². The SMILES string of the molecule is COC1(OC)C=CC(=CC(=O)N(C)C)C=C1. The molecular weight excluding hydrogens is 206 g/mol. The van der Waals surface area contributed by atoms with E-state index in [9.17, 15) is 4.79 Å². The smallest absolute Gasteiger partial charge is 0.246 e. The highest BCUT2D eigenvalue weighted by atomic mass is 16.7. The fourth-order valence-electron chi connectivity index (χ4n) is 1.26. The maximum absolute atomic E-state index is 11.4. The quantitative estimate of drug-likeness (QED) is 0.531. The average Bonchev–Trinajstić information content (AvgIpc) is 2.30. The lowest BCUT2D eigenvalue weighted by Crippen LogP contribution is -2.29. The minimum atomic E-state index is -0.807. The first-order valence-corrected chi connectivity index (χ1v) is 4.95. The molecule has 0 aliphatic heterocycles. The molecule has 0 saturated heterocycles. The Labute approximate surface area is 95.8 Å². The van der Waals surface area contributed by atoms with Crippen LogP contribution in [-0.2, 0) is 14.3 Å². The molecule has 0 N–H and O–H groups in total. The van der Waals surface area contributed by atoms with Gasteiger partial charge in [-0.1, -0.05) is 12.2 Å². The van der Waals surface area contributed by atoms with Gasteiger partial charge in [-0.3, -0.25) is 4.79 Å². The molecule has 16 heavy (non-hydrogen) atoms. The van der Waals surface area contributed by atoms with Crippen LogP contribution in [0.2, 0.25) is 0 Å². The highest BCUT2D eigenvalue weighted by Gasteiger charge is 2.24. The molecule has 1 aliphatic rings. The number of nitrogens with zero attached hydrogens (tertiary/aromatic N) is 1. The Bertz CT molecular complexity index is 331. The van der Waals surface area contributed by atoms with Crippen molar-refractivity contribution in [1.29, 1.82) is 0 Å². The summed E-state index contributed by atoms with van der Waals surface area (Å²) in [5.41, 5.74) is 0.823. The molecule has 0 fully saturated rings. The fourth-order valence-corrected chi connectivity index (χ4v) is 1.26. The summed E-state index contributed by atoms with van der Waals surface area (Å²) >= 11 is 0. The summed E-state index contributed by atoms with van der Waals surface area (Å²) in [5, 5.41) is 0. The standard InChI is InChI=1S/C12H17NO3/c1-13(2)11(14)9-10-5-7-12(15-3,16-4)8-6-10/h5-9H,1-4H3. The van der Waals surface area contributed by atoms with Crippen molar-refractivity contribution in [3.63, 3.8) is 0 Å². The van der Waals surface area contributed by atoms with Gasteiger partial charge in [0.2, 0.25) is 11.7 Å². The zero-order chi connectivity index (χ0) is 12.2. The van der Waals surface area contributed by atoms with Crippen molar-refractivity contribution in [1.82, 2.24) is 4.90 Å². The second kappa shape index (κ2) is 5.09. The number of carbonyl (C=O) groups is 1. The third-order valence-electron chi connectivity index (χ3n) is 2.39. The van der Waals surface area contributed by atoms with E-state index in [-0.39, 0.29) is 5.91 Å². The Morgan fingerprint density at radius 3 is 2.12 bits per heavy atom. The molecule has 0 spiro atoms. The molecule has 0 unspecified atom stereocenters. The van der Waals surface area contributed by atoms with Gasteiger partial charge in [0.05, 0.1) is 0 Å². The molecule has 0 heterocycles. The monoisotopic (exact) mass is 223 g/mol. The van der Waals surface area contributed by atoms with Gasteiger partial charge in [0, 0.05) is 34.4 Å². The Kier molecular flexibility index (Phi) is 4.04. The first-order valence-electron chi connectivity index (χ1n) is 4.95. The van der Waals surface area contributed by atoms with Crippen LogP contribution in [0.3, 0.4) is 0 Å². The highest BCUT2D eigenvalue weighted by molar-refractivity contribution is 5.89. The molecule has 0 bridgehead atoms. The summed E-state index contributed by atoms with van der Waals surface area (Å²) in [5.74, 6) is -0.856. The van der Waals surface area contributed by atoms with Gasteiger partial charge in [-0.05, 0) is 17.7 Å². The summed E-state index contributed by atoms with van der Waals surface area (Å²) in [6, 6.07) is 0. The van der Waals surface area contributed by atoms with Gasteiger partial charge < -0.3 is 14.4 Å². The second-order valence-electron chi connectivity index (χ2n) is 3.67. The van der Waals surface area contributed by atoms with Crippen LogP contribution in [0.4, 0.5) is 0 Å².